The van der Waals surface area contributed by atoms with Crippen LogP contribution in [0.25, 0.3) is 0 Å². The summed E-state index contributed by atoms with van der Waals surface area (Å²) in [6, 6.07) is 12.1. The molecule has 0 bridgehead atoms. The van der Waals surface area contributed by atoms with E-state index in [0.717, 1.165) is 12.1 Å². The summed E-state index contributed by atoms with van der Waals surface area (Å²) in [5, 5.41) is 0. The first kappa shape index (κ1) is 17.8. The smallest absolute Gasteiger partial charge is 0.260 e. The van der Waals surface area contributed by atoms with E-state index in [4.69, 9.17) is 4.74 Å². The lowest BCUT2D eigenvalue weighted by Crippen LogP contribution is -2.51. The summed E-state index contributed by atoms with van der Waals surface area (Å²) in [4.78, 5) is 27.7. The highest BCUT2D eigenvalue weighted by atomic mass is 19.2. The van der Waals surface area contributed by atoms with Gasteiger partial charge in [-0.15, -0.1) is 0 Å². The lowest BCUT2D eigenvalue weighted by molar-refractivity contribution is -0.134. The van der Waals surface area contributed by atoms with Gasteiger partial charge in [-0.05, 0) is 30.3 Å². The number of halogens is 2. The fourth-order valence-corrected chi connectivity index (χ4v) is 2.72. The van der Waals surface area contributed by atoms with Crippen molar-refractivity contribution in [1.82, 2.24) is 9.80 Å². The van der Waals surface area contributed by atoms with Gasteiger partial charge in [0.05, 0.1) is 0 Å². The summed E-state index contributed by atoms with van der Waals surface area (Å²) in [5.41, 5.74) is 0.0936. The normalized spacial score (nSPS) is 14.2. The molecule has 0 saturated carbocycles. The van der Waals surface area contributed by atoms with Gasteiger partial charge in [-0.3, -0.25) is 9.59 Å². The molecule has 136 valence electrons. The van der Waals surface area contributed by atoms with E-state index in [0.29, 0.717) is 31.9 Å². The maximum Gasteiger partial charge on any atom is 0.260 e. The Morgan fingerprint density at radius 1 is 0.885 bits per heavy atom. The second kappa shape index (κ2) is 7.95. The summed E-state index contributed by atoms with van der Waals surface area (Å²) in [7, 11) is 0. The van der Waals surface area contributed by atoms with Crippen LogP contribution in [0.4, 0.5) is 8.78 Å². The first-order valence-electron chi connectivity index (χ1n) is 8.24. The molecule has 3 rings (SSSR count). The number of para-hydroxylation sites is 1. The number of benzene rings is 2. The van der Waals surface area contributed by atoms with Crippen LogP contribution in [0.1, 0.15) is 10.4 Å². The zero-order valence-electron chi connectivity index (χ0n) is 14.0. The number of amides is 2. The average Bonchev–Trinajstić information content (AvgIpc) is 2.68. The number of hydrogen-bond donors (Lipinski definition) is 0. The summed E-state index contributed by atoms with van der Waals surface area (Å²) in [5.74, 6) is -1.96. The minimum atomic E-state index is -1.05. The Morgan fingerprint density at radius 3 is 2.19 bits per heavy atom. The Morgan fingerprint density at radius 2 is 1.54 bits per heavy atom. The number of ether oxygens (including phenoxy) is 1. The monoisotopic (exact) mass is 360 g/mol. The Balaban J connectivity index is 1.51. The number of rotatable bonds is 4. The third-order valence-electron chi connectivity index (χ3n) is 4.19. The number of piperazine rings is 1. The van der Waals surface area contributed by atoms with E-state index >= 15 is 0 Å². The van der Waals surface area contributed by atoms with Gasteiger partial charge in [0.2, 0.25) is 0 Å². The molecule has 7 heteroatoms. The third-order valence-corrected chi connectivity index (χ3v) is 4.19. The summed E-state index contributed by atoms with van der Waals surface area (Å²) < 4.78 is 31.7. The van der Waals surface area contributed by atoms with E-state index in [1.165, 1.54) is 11.0 Å². The standard InChI is InChI=1S/C19H18F2N2O3/c20-16-7-6-14(12-17(16)21)19(25)23-10-8-22(9-11-23)18(24)13-26-15-4-2-1-3-5-15/h1-7,12H,8-11,13H2. The van der Waals surface area contributed by atoms with Gasteiger partial charge in [-0.25, -0.2) is 8.78 Å². The van der Waals surface area contributed by atoms with Gasteiger partial charge in [0.25, 0.3) is 11.8 Å². The fourth-order valence-electron chi connectivity index (χ4n) is 2.72. The second-order valence-corrected chi connectivity index (χ2v) is 5.90. The van der Waals surface area contributed by atoms with Crippen LogP contribution in [0.2, 0.25) is 0 Å². The van der Waals surface area contributed by atoms with Crippen LogP contribution >= 0.6 is 0 Å². The van der Waals surface area contributed by atoms with Gasteiger partial charge in [-0.1, -0.05) is 18.2 Å². The van der Waals surface area contributed by atoms with Crippen LogP contribution in [-0.2, 0) is 4.79 Å². The largest absolute Gasteiger partial charge is 0.484 e. The molecule has 0 atom stereocenters. The minimum Gasteiger partial charge on any atom is -0.484 e. The molecule has 2 aromatic rings. The Kier molecular flexibility index (Phi) is 5.46. The van der Waals surface area contributed by atoms with Crippen molar-refractivity contribution in [3.63, 3.8) is 0 Å². The molecular formula is C19H18F2N2O3. The molecule has 0 unspecified atom stereocenters. The number of carbonyl (C=O) groups is 2. The predicted molar refractivity (Wildman–Crippen MR) is 90.8 cm³/mol. The molecule has 0 aliphatic carbocycles. The first-order chi connectivity index (χ1) is 12.5. The Labute approximate surface area is 149 Å². The second-order valence-electron chi connectivity index (χ2n) is 5.90. The van der Waals surface area contributed by atoms with E-state index < -0.39 is 11.6 Å². The lowest BCUT2D eigenvalue weighted by atomic mass is 10.1. The van der Waals surface area contributed by atoms with Crippen LogP contribution in [0.5, 0.6) is 5.75 Å². The van der Waals surface area contributed by atoms with Crippen molar-refractivity contribution in [3.05, 3.63) is 65.7 Å². The molecule has 26 heavy (non-hydrogen) atoms. The highest BCUT2D eigenvalue weighted by molar-refractivity contribution is 5.94. The van der Waals surface area contributed by atoms with Crippen LogP contribution < -0.4 is 4.74 Å². The number of carbonyl (C=O) groups excluding carboxylic acids is 2. The molecule has 1 aliphatic heterocycles. The molecular weight excluding hydrogens is 342 g/mol. The summed E-state index contributed by atoms with van der Waals surface area (Å²) in [6.07, 6.45) is 0. The molecule has 2 aromatic carbocycles. The van der Waals surface area contributed by atoms with Crippen molar-refractivity contribution in [2.45, 2.75) is 0 Å². The maximum absolute atomic E-state index is 13.3. The van der Waals surface area contributed by atoms with Crippen molar-refractivity contribution in [2.75, 3.05) is 32.8 Å². The van der Waals surface area contributed by atoms with E-state index in [-0.39, 0.29) is 24.0 Å². The third kappa shape index (κ3) is 4.17. The van der Waals surface area contributed by atoms with Crippen molar-refractivity contribution in [3.8, 4) is 5.75 Å². The van der Waals surface area contributed by atoms with Gasteiger partial charge < -0.3 is 14.5 Å². The molecule has 1 aliphatic rings. The molecule has 0 aromatic heterocycles. The first-order valence-corrected chi connectivity index (χ1v) is 8.24. The van der Waals surface area contributed by atoms with E-state index in [9.17, 15) is 18.4 Å². The van der Waals surface area contributed by atoms with Gasteiger partial charge in [0.15, 0.2) is 18.2 Å². The predicted octanol–water partition coefficient (Wildman–Crippen LogP) is 2.33. The molecule has 5 nitrogen and oxygen atoms in total. The molecule has 0 spiro atoms. The quantitative estimate of drug-likeness (QED) is 0.841. The average molecular weight is 360 g/mol. The van der Waals surface area contributed by atoms with Crippen LogP contribution in [0.15, 0.2) is 48.5 Å². The van der Waals surface area contributed by atoms with Gasteiger partial charge in [-0.2, -0.15) is 0 Å². The Bertz CT molecular complexity index is 791. The van der Waals surface area contributed by atoms with E-state index in [2.05, 4.69) is 0 Å². The van der Waals surface area contributed by atoms with Gasteiger partial charge >= 0.3 is 0 Å². The van der Waals surface area contributed by atoms with E-state index in [1.807, 2.05) is 18.2 Å². The summed E-state index contributed by atoms with van der Waals surface area (Å²) in [6.45, 7) is 1.32. The number of hydrogen-bond acceptors (Lipinski definition) is 3. The molecule has 2 amide bonds. The molecule has 1 fully saturated rings. The molecule has 0 radical (unpaired) electrons. The van der Waals surface area contributed by atoms with Crippen molar-refractivity contribution in [1.29, 1.82) is 0 Å². The zero-order valence-corrected chi connectivity index (χ0v) is 14.0. The van der Waals surface area contributed by atoms with Crippen molar-refractivity contribution < 1.29 is 23.1 Å². The van der Waals surface area contributed by atoms with E-state index in [1.54, 1.807) is 17.0 Å². The highest BCUT2D eigenvalue weighted by Crippen LogP contribution is 2.13. The molecule has 1 heterocycles. The molecule has 1 saturated heterocycles. The molecule has 0 N–H and O–H groups in total. The highest BCUT2D eigenvalue weighted by Gasteiger charge is 2.25. The summed E-state index contributed by atoms with van der Waals surface area (Å²) >= 11 is 0. The topological polar surface area (TPSA) is 49.9 Å². The lowest BCUT2D eigenvalue weighted by Gasteiger charge is -2.34. The SMILES string of the molecule is O=C(COc1ccccc1)N1CCN(C(=O)c2ccc(F)c(F)c2)CC1. The van der Waals surface area contributed by atoms with Crippen LogP contribution in [-0.4, -0.2) is 54.4 Å². The van der Waals surface area contributed by atoms with Crippen LogP contribution in [0, 0.1) is 11.6 Å². The minimum absolute atomic E-state index is 0.0683. The Hall–Kier alpha value is -2.96. The maximum atomic E-state index is 13.3. The van der Waals surface area contributed by atoms with Crippen molar-refractivity contribution in [2.24, 2.45) is 0 Å². The zero-order chi connectivity index (χ0) is 18.5. The van der Waals surface area contributed by atoms with Crippen molar-refractivity contribution >= 4 is 11.8 Å². The van der Waals surface area contributed by atoms with Gasteiger partial charge in [0, 0.05) is 31.7 Å². The number of nitrogens with zero attached hydrogens (tertiary/aromatic N) is 2. The fraction of sp³-hybridized carbons (Fsp3) is 0.263. The van der Waals surface area contributed by atoms with Crippen LogP contribution in [0.3, 0.4) is 0 Å². The van der Waals surface area contributed by atoms with Gasteiger partial charge in [0.1, 0.15) is 5.75 Å².